The van der Waals surface area contributed by atoms with Gasteiger partial charge in [0.2, 0.25) is 0 Å². The second-order valence-electron chi connectivity index (χ2n) is 3.22. The van der Waals surface area contributed by atoms with Crippen LogP contribution in [0.15, 0.2) is 15.9 Å². The third kappa shape index (κ3) is 6.02. The predicted octanol–water partition coefficient (Wildman–Crippen LogP) is 0.896. The lowest BCUT2D eigenvalue weighted by Crippen LogP contribution is -2.24. The molecule has 0 aliphatic rings. The SMILES string of the molecule is C=C(C)C(=O)OCCS(=O)(=O)N=S(=O)(O)C(F)(F)F. The molecule has 0 fully saturated rings. The molecule has 0 heterocycles. The summed E-state index contributed by atoms with van der Waals surface area (Å²) in [6, 6.07) is 0. The second-order valence-corrected chi connectivity index (χ2v) is 6.84. The third-order valence-corrected chi connectivity index (χ3v) is 4.44. The van der Waals surface area contributed by atoms with Crippen LogP contribution < -0.4 is 0 Å². The number of sulfonamides is 1. The van der Waals surface area contributed by atoms with Gasteiger partial charge in [-0.2, -0.15) is 13.2 Å². The standard InChI is InChI=1S/C7H10F3NO6S2/c1-5(2)6(12)17-3-4-18(13,14)11-19(15,16)7(8,9)10/h1,3-4H2,2H3,(H,11,15,16). The van der Waals surface area contributed by atoms with Crippen molar-refractivity contribution in [3.05, 3.63) is 12.2 Å². The molecule has 0 radical (unpaired) electrons. The summed E-state index contributed by atoms with van der Waals surface area (Å²) in [4.78, 5) is 10.8. The molecule has 0 spiro atoms. The minimum Gasteiger partial charge on any atom is -0.461 e. The van der Waals surface area contributed by atoms with Gasteiger partial charge in [-0.15, -0.1) is 0 Å². The van der Waals surface area contributed by atoms with Crippen LogP contribution in [0.4, 0.5) is 13.2 Å². The lowest BCUT2D eigenvalue weighted by molar-refractivity contribution is -0.138. The monoisotopic (exact) mass is 325 g/mol. The zero-order chi connectivity index (χ0) is 15.5. The summed E-state index contributed by atoms with van der Waals surface area (Å²) in [5, 5.41) is 0. The highest BCUT2D eigenvalue weighted by molar-refractivity contribution is 8.00. The lowest BCUT2D eigenvalue weighted by atomic mass is 10.4. The fourth-order valence-electron chi connectivity index (χ4n) is 0.596. The molecule has 0 aliphatic carbocycles. The maximum atomic E-state index is 11.9. The van der Waals surface area contributed by atoms with Crippen molar-refractivity contribution in [3.8, 4) is 0 Å². The number of hydrogen-bond acceptors (Lipinski definition) is 5. The number of ether oxygens (including phenoxy) is 1. The summed E-state index contributed by atoms with van der Waals surface area (Å²) < 4.78 is 83.1. The number of hydrogen-bond donors (Lipinski definition) is 1. The van der Waals surface area contributed by atoms with Gasteiger partial charge in [0.05, 0.1) is 0 Å². The van der Waals surface area contributed by atoms with E-state index in [1.165, 1.54) is 6.92 Å². The van der Waals surface area contributed by atoms with Gasteiger partial charge in [-0.3, -0.25) is 4.55 Å². The molecule has 12 heteroatoms. The fraction of sp³-hybridized carbons (Fsp3) is 0.571. The van der Waals surface area contributed by atoms with Crippen LogP contribution in [-0.2, 0) is 29.6 Å². The van der Waals surface area contributed by atoms with Crippen LogP contribution in [0.5, 0.6) is 0 Å². The average Bonchev–Trinajstić information content (AvgIpc) is 2.13. The number of halogens is 3. The van der Waals surface area contributed by atoms with Crippen LogP contribution in [0.1, 0.15) is 6.92 Å². The molecule has 19 heavy (non-hydrogen) atoms. The van der Waals surface area contributed by atoms with Crippen LogP contribution in [0.25, 0.3) is 0 Å². The van der Waals surface area contributed by atoms with Crippen LogP contribution in [0, 0.1) is 0 Å². The molecule has 0 aromatic rings. The summed E-state index contributed by atoms with van der Waals surface area (Å²) in [6.45, 7) is 3.63. The van der Waals surface area contributed by atoms with Crippen LogP contribution in [0.2, 0.25) is 0 Å². The number of esters is 1. The highest BCUT2D eigenvalue weighted by Crippen LogP contribution is 2.24. The average molecular weight is 325 g/mol. The Balaban J connectivity index is 4.87. The van der Waals surface area contributed by atoms with Crippen molar-refractivity contribution < 1.29 is 39.9 Å². The highest BCUT2D eigenvalue weighted by Gasteiger charge is 2.44. The molecular weight excluding hydrogens is 315 g/mol. The molecule has 0 bridgehead atoms. The molecule has 1 atom stereocenters. The van der Waals surface area contributed by atoms with E-state index in [1.807, 2.05) is 3.77 Å². The number of carbonyl (C=O) groups excluding carboxylic acids is 1. The molecule has 7 nitrogen and oxygen atoms in total. The van der Waals surface area contributed by atoms with Crippen molar-refractivity contribution >= 4 is 26.0 Å². The van der Waals surface area contributed by atoms with Gasteiger partial charge in [0.25, 0.3) is 20.0 Å². The summed E-state index contributed by atoms with van der Waals surface area (Å²) in [7, 11) is -10.8. The maximum Gasteiger partial charge on any atom is 0.504 e. The molecule has 0 aliphatic heterocycles. The van der Waals surface area contributed by atoms with E-state index in [0.717, 1.165) is 0 Å². The Morgan fingerprint density at radius 2 is 1.84 bits per heavy atom. The van der Waals surface area contributed by atoms with Gasteiger partial charge >= 0.3 is 11.5 Å². The lowest BCUT2D eigenvalue weighted by Gasteiger charge is -2.07. The first-order valence-electron chi connectivity index (χ1n) is 4.41. The van der Waals surface area contributed by atoms with Gasteiger partial charge in [0.15, 0.2) is 0 Å². The minimum atomic E-state index is -5.89. The van der Waals surface area contributed by atoms with E-state index in [-0.39, 0.29) is 5.57 Å². The van der Waals surface area contributed by atoms with E-state index in [0.29, 0.717) is 0 Å². The zero-order valence-corrected chi connectivity index (χ0v) is 11.1. The third-order valence-electron chi connectivity index (χ3n) is 1.44. The Morgan fingerprint density at radius 3 is 2.21 bits per heavy atom. The first kappa shape index (κ1) is 17.9. The van der Waals surface area contributed by atoms with Crippen LogP contribution in [0.3, 0.4) is 0 Å². The van der Waals surface area contributed by atoms with E-state index in [1.54, 1.807) is 0 Å². The Kier molecular flexibility index (Phi) is 5.53. The van der Waals surface area contributed by atoms with Crippen molar-refractivity contribution in [1.82, 2.24) is 0 Å². The fourth-order valence-corrected chi connectivity index (χ4v) is 2.76. The smallest absolute Gasteiger partial charge is 0.461 e. The summed E-state index contributed by atoms with van der Waals surface area (Å²) >= 11 is 0. The predicted molar refractivity (Wildman–Crippen MR) is 58.8 cm³/mol. The van der Waals surface area contributed by atoms with Gasteiger partial charge < -0.3 is 4.74 Å². The summed E-state index contributed by atoms with van der Waals surface area (Å²) in [6.07, 6.45) is 0. The largest absolute Gasteiger partial charge is 0.504 e. The molecule has 0 saturated carbocycles. The van der Waals surface area contributed by atoms with Crippen molar-refractivity contribution in [2.45, 2.75) is 12.4 Å². The number of nitrogens with zero attached hydrogens (tertiary/aromatic N) is 1. The van der Waals surface area contributed by atoms with Crippen molar-refractivity contribution in [2.24, 2.45) is 3.77 Å². The summed E-state index contributed by atoms with van der Waals surface area (Å²) in [5.41, 5.74) is -5.75. The molecule has 1 N–H and O–H groups in total. The Morgan fingerprint density at radius 1 is 1.37 bits per heavy atom. The molecule has 1 unspecified atom stereocenters. The van der Waals surface area contributed by atoms with Gasteiger partial charge in [-0.25, -0.2) is 17.4 Å². The summed E-state index contributed by atoms with van der Waals surface area (Å²) in [5.74, 6) is -2.10. The van der Waals surface area contributed by atoms with E-state index < -0.39 is 43.9 Å². The first-order chi connectivity index (χ1) is 8.28. The van der Waals surface area contributed by atoms with E-state index in [2.05, 4.69) is 11.3 Å². The molecule has 112 valence electrons. The van der Waals surface area contributed by atoms with Crippen LogP contribution in [-0.4, -0.2) is 41.0 Å². The molecule has 0 aromatic heterocycles. The normalized spacial score (nSPS) is 15.4. The number of alkyl halides is 3. The quantitative estimate of drug-likeness (QED) is 0.594. The Bertz CT molecular complexity index is 584. The zero-order valence-electron chi connectivity index (χ0n) is 9.51. The van der Waals surface area contributed by atoms with Crippen LogP contribution >= 0.6 is 0 Å². The Hall–Kier alpha value is -1.14. The van der Waals surface area contributed by atoms with Gasteiger partial charge in [0, 0.05) is 5.57 Å². The topological polar surface area (TPSA) is 110 Å². The number of carbonyl (C=O) groups is 1. The second kappa shape index (κ2) is 5.88. The van der Waals surface area contributed by atoms with Crippen molar-refractivity contribution in [3.63, 3.8) is 0 Å². The molecule has 0 aromatic carbocycles. The molecular formula is C7H10F3NO6S2. The molecule has 0 rings (SSSR count). The van der Waals surface area contributed by atoms with Crippen molar-refractivity contribution in [2.75, 3.05) is 12.4 Å². The van der Waals surface area contributed by atoms with Gasteiger partial charge in [-0.1, -0.05) is 10.3 Å². The van der Waals surface area contributed by atoms with E-state index in [4.69, 9.17) is 4.55 Å². The number of rotatable bonds is 5. The van der Waals surface area contributed by atoms with E-state index in [9.17, 15) is 30.6 Å². The van der Waals surface area contributed by atoms with Crippen molar-refractivity contribution in [1.29, 1.82) is 0 Å². The minimum absolute atomic E-state index is 0.0458. The molecule has 0 saturated heterocycles. The van der Waals surface area contributed by atoms with E-state index >= 15 is 0 Å². The first-order valence-corrected chi connectivity index (χ1v) is 7.49. The maximum absolute atomic E-state index is 11.9. The highest BCUT2D eigenvalue weighted by atomic mass is 32.3. The van der Waals surface area contributed by atoms with Gasteiger partial charge in [-0.05, 0) is 6.92 Å². The Labute approximate surface area is 107 Å². The van der Waals surface area contributed by atoms with Gasteiger partial charge in [0.1, 0.15) is 12.4 Å². The molecule has 0 amide bonds.